The molecule has 2 N–H and O–H groups in total. The summed E-state index contributed by atoms with van der Waals surface area (Å²) in [5.74, 6) is -0.244. The number of carbonyl (C=O) groups excluding carboxylic acids is 1. The lowest BCUT2D eigenvalue weighted by Crippen LogP contribution is -2.15. The van der Waals surface area contributed by atoms with Crippen molar-refractivity contribution in [3.8, 4) is 0 Å². The Morgan fingerprint density at radius 1 is 1.08 bits per heavy atom. The van der Waals surface area contributed by atoms with E-state index in [9.17, 15) is 4.79 Å². The van der Waals surface area contributed by atoms with E-state index in [1.54, 1.807) is 18.5 Å². The van der Waals surface area contributed by atoms with Crippen molar-refractivity contribution in [2.45, 2.75) is 13.5 Å². The van der Waals surface area contributed by atoms with Gasteiger partial charge < -0.3 is 10.6 Å². The average molecular weight is 397 g/mol. The Morgan fingerprint density at radius 2 is 1.96 bits per heavy atom. The number of benzene rings is 1. The van der Waals surface area contributed by atoms with Crippen LogP contribution in [0.3, 0.4) is 0 Å². The number of rotatable bonds is 5. The fourth-order valence-corrected chi connectivity index (χ4v) is 2.79. The molecule has 3 rings (SSSR count). The van der Waals surface area contributed by atoms with E-state index in [0.717, 1.165) is 27.1 Å². The van der Waals surface area contributed by atoms with Crippen LogP contribution in [0.1, 0.15) is 21.7 Å². The molecular weight excluding hydrogens is 380 g/mol. The summed E-state index contributed by atoms with van der Waals surface area (Å²) in [7, 11) is 0. The lowest BCUT2D eigenvalue weighted by atomic mass is 10.2. The topological polar surface area (TPSA) is 66.9 Å². The number of anilines is 2. The summed E-state index contributed by atoms with van der Waals surface area (Å²) in [5, 5.41) is 6.14. The highest BCUT2D eigenvalue weighted by molar-refractivity contribution is 9.10. The van der Waals surface area contributed by atoms with Crippen molar-refractivity contribution in [2.24, 2.45) is 0 Å². The molecule has 0 saturated carbocycles. The van der Waals surface area contributed by atoms with Crippen molar-refractivity contribution in [3.63, 3.8) is 0 Å². The minimum Gasteiger partial charge on any atom is -0.379 e. The van der Waals surface area contributed by atoms with Gasteiger partial charge in [0.25, 0.3) is 5.91 Å². The van der Waals surface area contributed by atoms with Crippen LogP contribution in [0.4, 0.5) is 11.4 Å². The number of halogens is 1. The molecule has 0 aliphatic rings. The first kappa shape index (κ1) is 17.1. The number of amides is 1. The Balaban J connectivity index is 1.69. The maximum atomic E-state index is 12.5. The molecule has 0 aliphatic heterocycles. The Hall–Kier alpha value is -2.73. The lowest BCUT2D eigenvalue weighted by molar-refractivity contribution is 0.102. The molecule has 2 aromatic heterocycles. The zero-order valence-corrected chi connectivity index (χ0v) is 15.2. The molecule has 0 saturated heterocycles. The molecule has 0 aliphatic carbocycles. The first-order valence-electron chi connectivity index (χ1n) is 7.79. The SMILES string of the molecule is Cc1cc(Br)ccc1NC(=O)c1cc(NCc2ccccn2)ccn1. The predicted molar refractivity (Wildman–Crippen MR) is 103 cm³/mol. The van der Waals surface area contributed by atoms with E-state index in [0.29, 0.717) is 12.2 Å². The fourth-order valence-electron chi connectivity index (χ4n) is 2.31. The molecule has 6 heteroatoms. The summed E-state index contributed by atoms with van der Waals surface area (Å²) in [6.07, 6.45) is 3.37. The normalized spacial score (nSPS) is 10.3. The second kappa shape index (κ2) is 7.90. The standard InChI is InChI=1S/C19H17BrN4O/c1-13-10-14(20)5-6-17(13)24-19(25)18-11-15(7-9-22-18)23-12-16-4-2-3-8-21-16/h2-11H,12H2,1H3,(H,22,23)(H,24,25). The van der Waals surface area contributed by atoms with Crippen LogP contribution in [0.25, 0.3) is 0 Å². The lowest BCUT2D eigenvalue weighted by Gasteiger charge is -2.10. The van der Waals surface area contributed by atoms with Crippen molar-refractivity contribution in [1.82, 2.24) is 9.97 Å². The Kier molecular flexibility index (Phi) is 5.40. The third-order valence-corrected chi connectivity index (χ3v) is 4.12. The molecule has 5 nitrogen and oxygen atoms in total. The first-order chi connectivity index (χ1) is 12.1. The van der Waals surface area contributed by atoms with Gasteiger partial charge in [-0.1, -0.05) is 22.0 Å². The first-order valence-corrected chi connectivity index (χ1v) is 8.58. The predicted octanol–water partition coefficient (Wildman–Crippen LogP) is 4.41. The quantitative estimate of drug-likeness (QED) is 0.669. The fraction of sp³-hybridized carbons (Fsp3) is 0.105. The molecule has 126 valence electrons. The van der Waals surface area contributed by atoms with Gasteiger partial charge in [-0.25, -0.2) is 0 Å². The monoisotopic (exact) mass is 396 g/mol. The van der Waals surface area contributed by atoms with Gasteiger partial charge >= 0.3 is 0 Å². The third-order valence-electron chi connectivity index (χ3n) is 3.63. The van der Waals surface area contributed by atoms with Crippen LogP contribution < -0.4 is 10.6 Å². The molecule has 1 amide bonds. The van der Waals surface area contributed by atoms with Gasteiger partial charge in [0.2, 0.25) is 0 Å². The van der Waals surface area contributed by atoms with E-state index in [2.05, 4.69) is 36.5 Å². The van der Waals surface area contributed by atoms with E-state index in [4.69, 9.17) is 0 Å². The number of nitrogens with one attached hydrogen (secondary N) is 2. The molecule has 3 aromatic rings. The summed E-state index contributed by atoms with van der Waals surface area (Å²) in [4.78, 5) is 20.9. The van der Waals surface area contributed by atoms with Crippen molar-refractivity contribution >= 4 is 33.2 Å². The van der Waals surface area contributed by atoms with Crippen LogP contribution in [0.5, 0.6) is 0 Å². The van der Waals surface area contributed by atoms with Crippen LogP contribution in [0.2, 0.25) is 0 Å². The molecule has 1 aromatic carbocycles. The average Bonchev–Trinajstić information content (AvgIpc) is 2.63. The summed E-state index contributed by atoms with van der Waals surface area (Å²) in [5.41, 5.74) is 3.84. The Morgan fingerprint density at radius 3 is 2.72 bits per heavy atom. The van der Waals surface area contributed by atoms with E-state index < -0.39 is 0 Å². The van der Waals surface area contributed by atoms with Crippen molar-refractivity contribution in [2.75, 3.05) is 10.6 Å². The zero-order chi connectivity index (χ0) is 17.6. The minimum atomic E-state index is -0.244. The van der Waals surface area contributed by atoms with E-state index in [1.165, 1.54) is 0 Å². The molecule has 0 fully saturated rings. The van der Waals surface area contributed by atoms with Crippen molar-refractivity contribution in [1.29, 1.82) is 0 Å². The van der Waals surface area contributed by atoms with Crippen LogP contribution in [-0.4, -0.2) is 15.9 Å². The van der Waals surface area contributed by atoms with Crippen LogP contribution in [0, 0.1) is 6.92 Å². The van der Waals surface area contributed by atoms with Gasteiger partial charge in [-0.05, 0) is 55.0 Å². The molecule has 25 heavy (non-hydrogen) atoms. The van der Waals surface area contributed by atoms with Crippen molar-refractivity contribution in [3.05, 3.63) is 82.3 Å². The third kappa shape index (κ3) is 4.64. The molecule has 0 atom stereocenters. The van der Waals surface area contributed by atoms with Gasteiger partial charge in [0.05, 0.1) is 12.2 Å². The second-order valence-corrected chi connectivity index (χ2v) is 6.43. The van der Waals surface area contributed by atoms with E-state index >= 15 is 0 Å². The zero-order valence-electron chi connectivity index (χ0n) is 13.7. The Bertz CT molecular complexity index is 884. The van der Waals surface area contributed by atoms with E-state index in [-0.39, 0.29) is 5.91 Å². The maximum Gasteiger partial charge on any atom is 0.274 e. The number of hydrogen-bond acceptors (Lipinski definition) is 4. The maximum absolute atomic E-state index is 12.5. The largest absolute Gasteiger partial charge is 0.379 e. The van der Waals surface area contributed by atoms with Crippen LogP contribution in [-0.2, 0) is 6.54 Å². The summed E-state index contributed by atoms with van der Waals surface area (Å²) >= 11 is 3.41. The van der Waals surface area contributed by atoms with Gasteiger partial charge in [-0.3, -0.25) is 14.8 Å². The summed E-state index contributed by atoms with van der Waals surface area (Å²) in [6, 6.07) is 15.0. The highest BCUT2D eigenvalue weighted by atomic mass is 79.9. The molecule has 0 spiro atoms. The van der Waals surface area contributed by atoms with Gasteiger partial charge in [-0.2, -0.15) is 0 Å². The smallest absolute Gasteiger partial charge is 0.274 e. The van der Waals surface area contributed by atoms with Gasteiger partial charge in [0.1, 0.15) is 5.69 Å². The molecule has 0 radical (unpaired) electrons. The number of hydrogen-bond donors (Lipinski definition) is 2. The van der Waals surface area contributed by atoms with Crippen LogP contribution >= 0.6 is 15.9 Å². The molecular formula is C19H17BrN4O. The van der Waals surface area contributed by atoms with Gasteiger partial charge in [0.15, 0.2) is 0 Å². The van der Waals surface area contributed by atoms with Gasteiger partial charge in [-0.15, -0.1) is 0 Å². The minimum absolute atomic E-state index is 0.244. The van der Waals surface area contributed by atoms with Crippen molar-refractivity contribution < 1.29 is 4.79 Å². The van der Waals surface area contributed by atoms with Gasteiger partial charge in [0, 0.05) is 28.2 Å². The molecule has 2 heterocycles. The number of carbonyl (C=O) groups is 1. The number of pyridine rings is 2. The van der Waals surface area contributed by atoms with Crippen LogP contribution in [0.15, 0.2) is 65.4 Å². The number of aryl methyl sites for hydroxylation is 1. The number of nitrogens with zero attached hydrogens (tertiary/aromatic N) is 2. The van der Waals surface area contributed by atoms with E-state index in [1.807, 2.05) is 49.4 Å². The molecule has 0 unspecified atom stereocenters. The number of aromatic nitrogens is 2. The second-order valence-electron chi connectivity index (χ2n) is 5.52. The highest BCUT2D eigenvalue weighted by Gasteiger charge is 2.10. The highest BCUT2D eigenvalue weighted by Crippen LogP contribution is 2.21. The molecule has 0 bridgehead atoms. The summed E-state index contributed by atoms with van der Waals surface area (Å²) in [6.45, 7) is 2.52. The Labute approximate surface area is 154 Å². The summed E-state index contributed by atoms with van der Waals surface area (Å²) < 4.78 is 0.974.